The lowest BCUT2D eigenvalue weighted by Crippen LogP contribution is -2.52. The van der Waals surface area contributed by atoms with Gasteiger partial charge in [-0.05, 0) is 50.3 Å². The molecule has 1 saturated carbocycles. The highest BCUT2D eigenvalue weighted by molar-refractivity contribution is 5.79. The summed E-state index contributed by atoms with van der Waals surface area (Å²) in [4.78, 5) is 15.4. The van der Waals surface area contributed by atoms with E-state index in [2.05, 4.69) is 10.3 Å². The molecule has 1 fully saturated rings. The largest absolute Gasteiger partial charge is 0.480 e. The summed E-state index contributed by atoms with van der Waals surface area (Å²) in [6.45, 7) is 3.77. The van der Waals surface area contributed by atoms with Gasteiger partial charge in [-0.2, -0.15) is 0 Å². The average Bonchev–Trinajstić information content (AvgIpc) is 3.13. The highest BCUT2D eigenvalue weighted by Crippen LogP contribution is 2.40. The summed E-state index contributed by atoms with van der Waals surface area (Å²) < 4.78 is 0. The summed E-state index contributed by atoms with van der Waals surface area (Å²) in [5.41, 5.74) is 0.246. The zero-order valence-electron chi connectivity index (χ0n) is 10.2. The molecule has 0 aromatic carbocycles. The van der Waals surface area contributed by atoms with Crippen LogP contribution in [0.5, 0.6) is 0 Å². The van der Waals surface area contributed by atoms with Crippen LogP contribution in [0, 0.1) is 5.92 Å². The maximum absolute atomic E-state index is 11.4. The Morgan fingerprint density at radius 2 is 2.12 bits per heavy atom. The van der Waals surface area contributed by atoms with Crippen molar-refractivity contribution in [2.75, 3.05) is 0 Å². The number of nitrogens with one attached hydrogen (secondary N) is 1. The highest BCUT2D eigenvalue weighted by atomic mass is 16.4. The molecule has 4 heteroatoms. The Morgan fingerprint density at radius 1 is 1.53 bits per heavy atom. The molecule has 0 amide bonds. The molecule has 0 aliphatic heterocycles. The number of hydrogen-bond acceptors (Lipinski definition) is 3. The molecule has 0 radical (unpaired) electrons. The molecule has 1 aliphatic rings. The lowest BCUT2D eigenvalue weighted by Gasteiger charge is -2.30. The van der Waals surface area contributed by atoms with E-state index in [-0.39, 0.29) is 12.0 Å². The average molecular weight is 234 g/mol. The standard InChI is InChI=1S/C13H18N2O2/c1-9(10-5-7-14-8-6-10)15-13(2,12(16)17)11-3-4-11/h5-9,11,15H,3-4H2,1-2H3,(H,16,17). The van der Waals surface area contributed by atoms with Crippen LogP contribution in [0.4, 0.5) is 0 Å². The first-order valence-electron chi connectivity index (χ1n) is 5.95. The molecule has 92 valence electrons. The third-order valence-electron chi connectivity index (χ3n) is 3.56. The maximum atomic E-state index is 11.4. The second-order valence-corrected chi connectivity index (χ2v) is 4.93. The van der Waals surface area contributed by atoms with Gasteiger partial charge in [0.1, 0.15) is 5.54 Å². The summed E-state index contributed by atoms with van der Waals surface area (Å²) in [6, 6.07) is 3.83. The summed E-state index contributed by atoms with van der Waals surface area (Å²) in [5.74, 6) is -0.509. The minimum Gasteiger partial charge on any atom is -0.480 e. The second-order valence-electron chi connectivity index (χ2n) is 4.93. The van der Waals surface area contributed by atoms with Crippen molar-refractivity contribution in [2.24, 2.45) is 5.92 Å². The Kier molecular flexibility index (Phi) is 3.15. The molecule has 0 saturated heterocycles. The van der Waals surface area contributed by atoms with Crippen LogP contribution in [-0.2, 0) is 4.79 Å². The van der Waals surface area contributed by atoms with Crippen molar-refractivity contribution in [3.8, 4) is 0 Å². The van der Waals surface area contributed by atoms with E-state index in [0.29, 0.717) is 0 Å². The van der Waals surface area contributed by atoms with Crippen LogP contribution in [0.3, 0.4) is 0 Å². The molecule has 2 N–H and O–H groups in total. The van der Waals surface area contributed by atoms with Gasteiger partial charge >= 0.3 is 5.97 Å². The van der Waals surface area contributed by atoms with Crippen LogP contribution in [0.1, 0.15) is 38.3 Å². The predicted octanol–water partition coefficient (Wildman–Crippen LogP) is 1.99. The van der Waals surface area contributed by atoms with Crippen molar-refractivity contribution in [1.82, 2.24) is 10.3 Å². The topological polar surface area (TPSA) is 62.2 Å². The number of carboxylic acids is 1. The van der Waals surface area contributed by atoms with Crippen LogP contribution in [0.25, 0.3) is 0 Å². The van der Waals surface area contributed by atoms with E-state index >= 15 is 0 Å². The lowest BCUT2D eigenvalue weighted by atomic mass is 9.93. The van der Waals surface area contributed by atoms with Crippen molar-refractivity contribution in [1.29, 1.82) is 0 Å². The van der Waals surface area contributed by atoms with E-state index in [1.54, 1.807) is 19.3 Å². The fourth-order valence-corrected chi connectivity index (χ4v) is 2.20. The first kappa shape index (κ1) is 12.0. The number of nitrogens with zero attached hydrogens (tertiary/aromatic N) is 1. The van der Waals surface area contributed by atoms with Gasteiger partial charge in [-0.25, -0.2) is 0 Å². The van der Waals surface area contributed by atoms with E-state index < -0.39 is 11.5 Å². The monoisotopic (exact) mass is 234 g/mol. The normalized spacial score (nSPS) is 20.6. The third-order valence-corrected chi connectivity index (χ3v) is 3.56. The van der Waals surface area contributed by atoms with Crippen LogP contribution < -0.4 is 5.32 Å². The molecule has 2 atom stereocenters. The quantitative estimate of drug-likeness (QED) is 0.817. The number of aromatic nitrogens is 1. The predicted molar refractivity (Wildman–Crippen MR) is 64.6 cm³/mol. The minimum absolute atomic E-state index is 0.0136. The molecular weight excluding hydrogens is 216 g/mol. The summed E-state index contributed by atoms with van der Waals surface area (Å²) in [5, 5.41) is 12.6. The van der Waals surface area contributed by atoms with Crippen LogP contribution in [-0.4, -0.2) is 21.6 Å². The first-order valence-corrected chi connectivity index (χ1v) is 5.95. The van der Waals surface area contributed by atoms with Crippen molar-refractivity contribution < 1.29 is 9.90 Å². The Balaban J connectivity index is 2.11. The number of rotatable bonds is 5. The summed E-state index contributed by atoms with van der Waals surface area (Å²) in [6.07, 6.45) is 5.45. The van der Waals surface area contributed by atoms with E-state index in [9.17, 15) is 9.90 Å². The molecule has 0 spiro atoms. The van der Waals surface area contributed by atoms with Crippen LogP contribution in [0.2, 0.25) is 0 Å². The van der Waals surface area contributed by atoms with Gasteiger partial charge in [0.15, 0.2) is 0 Å². The van der Waals surface area contributed by atoms with E-state index in [0.717, 1.165) is 18.4 Å². The fourth-order valence-electron chi connectivity index (χ4n) is 2.20. The zero-order valence-corrected chi connectivity index (χ0v) is 10.2. The molecule has 2 rings (SSSR count). The number of hydrogen-bond donors (Lipinski definition) is 2. The second kappa shape index (κ2) is 4.45. The van der Waals surface area contributed by atoms with Crippen molar-refractivity contribution in [3.05, 3.63) is 30.1 Å². The summed E-state index contributed by atoms with van der Waals surface area (Å²) >= 11 is 0. The number of carbonyl (C=O) groups is 1. The van der Waals surface area contributed by atoms with Gasteiger partial charge in [0, 0.05) is 18.4 Å². The van der Waals surface area contributed by atoms with Crippen molar-refractivity contribution in [2.45, 2.75) is 38.3 Å². The Hall–Kier alpha value is -1.42. The SMILES string of the molecule is CC(NC(C)(C(=O)O)C1CC1)c1ccncc1. The van der Waals surface area contributed by atoms with Crippen LogP contribution >= 0.6 is 0 Å². The van der Waals surface area contributed by atoms with Crippen molar-refractivity contribution >= 4 is 5.97 Å². The van der Waals surface area contributed by atoms with Gasteiger partial charge in [-0.15, -0.1) is 0 Å². The van der Waals surface area contributed by atoms with E-state index in [1.165, 1.54) is 0 Å². The van der Waals surface area contributed by atoms with Gasteiger partial charge < -0.3 is 5.11 Å². The van der Waals surface area contributed by atoms with E-state index in [4.69, 9.17) is 0 Å². The molecular formula is C13H18N2O2. The smallest absolute Gasteiger partial charge is 0.323 e. The van der Waals surface area contributed by atoms with Gasteiger partial charge in [-0.1, -0.05) is 0 Å². The van der Waals surface area contributed by atoms with Gasteiger partial charge in [-0.3, -0.25) is 15.1 Å². The number of carboxylic acid groups (broad SMARTS) is 1. The van der Waals surface area contributed by atoms with Crippen molar-refractivity contribution in [3.63, 3.8) is 0 Å². The van der Waals surface area contributed by atoms with E-state index in [1.807, 2.05) is 19.1 Å². The Morgan fingerprint density at radius 3 is 2.59 bits per heavy atom. The lowest BCUT2D eigenvalue weighted by molar-refractivity contribution is -0.145. The third kappa shape index (κ3) is 2.47. The molecule has 17 heavy (non-hydrogen) atoms. The van der Waals surface area contributed by atoms with Gasteiger partial charge in [0.25, 0.3) is 0 Å². The molecule has 1 heterocycles. The molecule has 1 aromatic heterocycles. The Labute approximate surface area is 101 Å². The molecule has 0 bridgehead atoms. The molecule has 4 nitrogen and oxygen atoms in total. The Bertz CT molecular complexity index is 403. The fraction of sp³-hybridized carbons (Fsp3) is 0.538. The zero-order chi connectivity index (χ0) is 12.5. The van der Waals surface area contributed by atoms with Gasteiger partial charge in [0.2, 0.25) is 0 Å². The summed E-state index contributed by atoms with van der Waals surface area (Å²) in [7, 11) is 0. The van der Waals surface area contributed by atoms with Crippen LogP contribution in [0.15, 0.2) is 24.5 Å². The number of pyridine rings is 1. The maximum Gasteiger partial charge on any atom is 0.323 e. The molecule has 1 aromatic rings. The minimum atomic E-state index is -0.817. The first-order chi connectivity index (χ1) is 8.04. The molecule has 2 unspecified atom stereocenters. The highest BCUT2D eigenvalue weighted by Gasteiger charge is 2.47. The number of aliphatic carboxylic acids is 1. The van der Waals surface area contributed by atoms with Gasteiger partial charge in [0.05, 0.1) is 0 Å². The molecule has 1 aliphatic carbocycles.